The summed E-state index contributed by atoms with van der Waals surface area (Å²) in [5.41, 5.74) is 0. The van der Waals surface area contributed by atoms with Gasteiger partial charge in [-0.1, -0.05) is 6.42 Å². The standard InChI is InChI=1S/C12H23N3O/c1-13-9-6-10-4-3-5-11(7-9)15(10)8-12(16)14-2/h9-11,13H,3-8H2,1-2H3,(H,14,16). The van der Waals surface area contributed by atoms with E-state index < -0.39 is 0 Å². The van der Waals surface area contributed by atoms with Crippen molar-refractivity contribution in [3.63, 3.8) is 0 Å². The van der Waals surface area contributed by atoms with Gasteiger partial charge < -0.3 is 10.6 Å². The van der Waals surface area contributed by atoms with Crippen molar-refractivity contribution in [2.75, 3.05) is 20.6 Å². The minimum absolute atomic E-state index is 0.153. The summed E-state index contributed by atoms with van der Waals surface area (Å²) in [6.07, 6.45) is 6.24. The molecule has 4 nitrogen and oxygen atoms in total. The molecule has 0 aromatic heterocycles. The van der Waals surface area contributed by atoms with Crippen LogP contribution in [0.4, 0.5) is 0 Å². The number of carbonyl (C=O) groups excluding carboxylic acids is 1. The lowest BCUT2D eigenvalue weighted by Gasteiger charge is -2.48. The van der Waals surface area contributed by atoms with Gasteiger partial charge in [0.2, 0.25) is 5.91 Å². The van der Waals surface area contributed by atoms with E-state index in [2.05, 4.69) is 22.6 Å². The highest BCUT2D eigenvalue weighted by Gasteiger charge is 2.38. The first-order valence-corrected chi connectivity index (χ1v) is 6.38. The summed E-state index contributed by atoms with van der Waals surface area (Å²) < 4.78 is 0. The van der Waals surface area contributed by atoms with Crippen molar-refractivity contribution in [2.24, 2.45) is 0 Å². The number of amides is 1. The molecule has 2 rings (SSSR count). The molecule has 2 aliphatic heterocycles. The highest BCUT2D eigenvalue weighted by atomic mass is 16.1. The lowest BCUT2D eigenvalue weighted by Crippen LogP contribution is -2.57. The fourth-order valence-corrected chi connectivity index (χ4v) is 3.22. The van der Waals surface area contributed by atoms with E-state index in [0.717, 1.165) is 0 Å². The van der Waals surface area contributed by atoms with Crippen LogP contribution in [-0.4, -0.2) is 49.6 Å². The first-order chi connectivity index (χ1) is 7.74. The Balaban J connectivity index is 2.00. The number of rotatable bonds is 3. The third-order valence-electron chi connectivity index (χ3n) is 4.14. The third-order valence-corrected chi connectivity index (χ3v) is 4.14. The van der Waals surface area contributed by atoms with Crippen LogP contribution < -0.4 is 10.6 Å². The van der Waals surface area contributed by atoms with Crippen LogP contribution in [0.5, 0.6) is 0 Å². The van der Waals surface area contributed by atoms with Gasteiger partial charge in [0.25, 0.3) is 0 Å². The topological polar surface area (TPSA) is 44.4 Å². The quantitative estimate of drug-likeness (QED) is 0.728. The lowest BCUT2D eigenvalue weighted by molar-refractivity contribution is -0.124. The average molecular weight is 225 g/mol. The molecule has 0 radical (unpaired) electrons. The molecule has 4 heteroatoms. The van der Waals surface area contributed by atoms with Crippen LogP contribution in [0.3, 0.4) is 0 Å². The predicted octanol–water partition coefficient (Wildman–Crippen LogP) is 0.337. The number of hydrogen-bond acceptors (Lipinski definition) is 3. The number of nitrogens with zero attached hydrogens (tertiary/aromatic N) is 1. The van der Waals surface area contributed by atoms with Gasteiger partial charge in [-0.15, -0.1) is 0 Å². The van der Waals surface area contributed by atoms with Gasteiger partial charge in [0, 0.05) is 25.2 Å². The van der Waals surface area contributed by atoms with Crippen molar-refractivity contribution in [1.82, 2.24) is 15.5 Å². The van der Waals surface area contributed by atoms with E-state index in [-0.39, 0.29) is 5.91 Å². The van der Waals surface area contributed by atoms with Crippen molar-refractivity contribution >= 4 is 5.91 Å². The Bertz CT molecular complexity index is 243. The molecule has 16 heavy (non-hydrogen) atoms. The molecule has 2 heterocycles. The molecular formula is C12H23N3O. The summed E-state index contributed by atoms with van der Waals surface area (Å²) in [6.45, 7) is 0.586. The maximum atomic E-state index is 11.5. The second-order valence-electron chi connectivity index (χ2n) is 5.04. The molecule has 2 unspecified atom stereocenters. The molecule has 2 bridgehead atoms. The molecule has 2 atom stereocenters. The first-order valence-electron chi connectivity index (χ1n) is 6.38. The maximum Gasteiger partial charge on any atom is 0.233 e. The van der Waals surface area contributed by atoms with Crippen LogP contribution >= 0.6 is 0 Å². The summed E-state index contributed by atoms with van der Waals surface area (Å²) in [7, 11) is 3.77. The van der Waals surface area contributed by atoms with Gasteiger partial charge >= 0.3 is 0 Å². The monoisotopic (exact) mass is 225 g/mol. The van der Waals surface area contributed by atoms with Crippen LogP contribution in [-0.2, 0) is 4.79 Å². The number of nitrogens with one attached hydrogen (secondary N) is 2. The Morgan fingerprint density at radius 3 is 2.38 bits per heavy atom. The molecule has 0 saturated carbocycles. The predicted molar refractivity (Wildman–Crippen MR) is 64.3 cm³/mol. The number of carbonyl (C=O) groups is 1. The zero-order valence-corrected chi connectivity index (χ0v) is 10.3. The SMILES string of the molecule is CNC(=O)CN1C2CCCC1CC(NC)C2. The number of likely N-dealkylation sites (N-methyl/N-ethyl adjacent to an activating group) is 1. The van der Waals surface area contributed by atoms with Gasteiger partial charge in [0.05, 0.1) is 6.54 Å². The molecule has 2 aliphatic rings. The summed E-state index contributed by atoms with van der Waals surface area (Å²) in [5.74, 6) is 0.153. The largest absolute Gasteiger partial charge is 0.358 e. The number of hydrogen-bond donors (Lipinski definition) is 2. The van der Waals surface area contributed by atoms with E-state index in [1.807, 2.05) is 0 Å². The molecule has 0 aromatic rings. The van der Waals surface area contributed by atoms with Crippen molar-refractivity contribution in [2.45, 2.75) is 50.2 Å². The Hall–Kier alpha value is -0.610. The van der Waals surface area contributed by atoms with Crippen LogP contribution in [0.25, 0.3) is 0 Å². The summed E-state index contributed by atoms with van der Waals surface area (Å²) in [5, 5.41) is 6.12. The van der Waals surface area contributed by atoms with Crippen LogP contribution in [0.2, 0.25) is 0 Å². The molecule has 0 spiro atoms. The van der Waals surface area contributed by atoms with Crippen LogP contribution in [0, 0.1) is 0 Å². The smallest absolute Gasteiger partial charge is 0.233 e. The zero-order valence-electron chi connectivity index (χ0n) is 10.3. The van der Waals surface area contributed by atoms with Crippen molar-refractivity contribution in [3.8, 4) is 0 Å². The Morgan fingerprint density at radius 2 is 1.88 bits per heavy atom. The number of piperidine rings is 2. The van der Waals surface area contributed by atoms with Crippen LogP contribution in [0.15, 0.2) is 0 Å². The molecule has 0 aliphatic carbocycles. The molecule has 2 fully saturated rings. The highest BCUT2D eigenvalue weighted by molar-refractivity contribution is 5.77. The van der Waals surface area contributed by atoms with E-state index in [1.54, 1.807) is 7.05 Å². The van der Waals surface area contributed by atoms with Gasteiger partial charge in [-0.3, -0.25) is 9.69 Å². The first kappa shape index (κ1) is 11.9. The van der Waals surface area contributed by atoms with Crippen LogP contribution in [0.1, 0.15) is 32.1 Å². The lowest BCUT2D eigenvalue weighted by atomic mass is 9.82. The molecule has 2 N–H and O–H groups in total. The summed E-state index contributed by atoms with van der Waals surface area (Å²) in [4.78, 5) is 13.9. The molecule has 0 aromatic carbocycles. The van der Waals surface area contributed by atoms with Gasteiger partial charge in [-0.05, 0) is 32.7 Å². The molecule has 92 valence electrons. The average Bonchev–Trinajstić information content (AvgIpc) is 2.28. The Kier molecular flexibility index (Phi) is 3.82. The Morgan fingerprint density at radius 1 is 1.25 bits per heavy atom. The van der Waals surface area contributed by atoms with Gasteiger partial charge in [0.1, 0.15) is 0 Å². The maximum absolute atomic E-state index is 11.5. The fraction of sp³-hybridized carbons (Fsp3) is 0.917. The van der Waals surface area contributed by atoms with Gasteiger partial charge in [0.15, 0.2) is 0 Å². The van der Waals surface area contributed by atoms with Crippen molar-refractivity contribution < 1.29 is 4.79 Å². The van der Waals surface area contributed by atoms with E-state index in [9.17, 15) is 4.79 Å². The van der Waals surface area contributed by atoms with E-state index in [0.29, 0.717) is 24.7 Å². The second-order valence-corrected chi connectivity index (χ2v) is 5.04. The van der Waals surface area contributed by atoms with Gasteiger partial charge in [-0.2, -0.15) is 0 Å². The Labute approximate surface area is 97.8 Å². The number of fused-ring (bicyclic) bond motifs is 2. The third kappa shape index (κ3) is 2.38. The van der Waals surface area contributed by atoms with Crippen molar-refractivity contribution in [3.05, 3.63) is 0 Å². The van der Waals surface area contributed by atoms with Crippen molar-refractivity contribution in [1.29, 1.82) is 0 Å². The van der Waals surface area contributed by atoms with E-state index >= 15 is 0 Å². The highest BCUT2D eigenvalue weighted by Crippen LogP contribution is 2.33. The van der Waals surface area contributed by atoms with Gasteiger partial charge in [-0.25, -0.2) is 0 Å². The minimum atomic E-state index is 0.153. The normalized spacial score (nSPS) is 34.8. The summed E-state index contributed by atoms with van der Waals surface area (Å²) in [6, 6.07) is 1.88. The fourth-order valence-electron chi connectivity index (χ4n) is 3.22. The molecular weight excluding hydrogens is 202 g/mol. The second kappa shape index (κ2) is 5.15. The zero-order chi connectivity index (χ0) is 11.5. The minimum Gasteiger partial charge on any atom is -0.358 e. The van der Waals surface area contributed by atoms with E-state index in [4.69, 9.17) is 0 Å². The van der Waals surface area contributed by atoms with E-state index in [1.165, 1.54) is 32.1 Å². The molecule has 2 saturated heterocycles. The molecule has 1 amide bonds. The summed E-state index contributed by atoms with van der Waals surface area (Å²) >= 11 is 0.